The van der Waals surface area contributed by atoms with Gasteiger partial charge in [-0.25, -0.2) is 0 Å². The fraction of sp³-hybridized carbons (Fsp3) is 0.316. The average molecular weight is 847 g/mol. The van der Waals surface area contributed by atoms with Crippen molar-refractivity contribution in [2.45, 2.75) is 51.2 Å². The highest BCUT2D eigenvalue weighted by atomic mass is 79.9. The monoisotopic (exact) mass is 844 g/mol. The van der Waals surface area contributed by atoms with E-state index in [1.807, 2.05) is 38.1 Å². The van der Waals surface area contributed by atoms with Crippen molar-refractivity contribution in [2.24, 2.45) is 0 Å². The fourth-order valence-corrected chi connectivity index (χ4v) is 6.49. The number of nitrogens with one attached hydrogen (secondary N) is 2. The Labute approximate surface area is 318 Å². The molecule has 0 saturated heterocycles. The Morgan fingerprint density at radius 2 is 0.981 bits per heavy atom. The predicted octanol–water partition coefficient (Wildman–Crippen LogP) is 4.45. The molecule has 0 bridgehead atoms. The molecule has 14 heteroatoms. The Bertz CT molecular complexity index is 1740. The number of benzene rings is 4. The molecule has 4 aromatic rings. The number of hydrogen-bond acceptors (Lipinski definition) is 10. The van der Waals surface area contributed by atoms with Crippen molar-refractivity contribution >= 4 is 43.8 Å². The number of carboxylic acids is 2. The largest absolute Gasteiger partial charge is 0.488 e. The summed E-state index contributed by atoms with van der Waals surface area (Å²) in [7, 11) is 0. The number of ether oxygens (including phenoxy) is 2. The van der Waals surface area contributed by atoms with Crippen molar-refractivity contribution in [3.63, 3.8) is 0 Å². The summed E-state index contributed by atoms with van der Waals surface area (Å²) in [5.74, 6) is -1.50. The molecule has 0 atom stereocenters. The van der Waals surface area contributed by atoms with Gasteiger partial charge in [-0.05, 0) is 114 Å². The van der Waals surface area contributed by atoms with Gasteiger partial charge in [0, 0.05) is 13.1 Å². The van der Waals surface area contributed by atoms with Gasteiger partial charge in [0.15, 0.2) is 11.1 Å². The van der Waals surface area contributed by atoms with E-state index in [1.165, 1.54) is 0 Å². The predicted molar refractivity (Wildman–Crippen MR) is 201 cm³/mol. The summed E-state index contributed by atoms with van der Waals surface area (Å²) < 4.78 is 13.7. The van der Waals surface area contributed by atoms with Crippen molar-refractivity contribution in [1.29, 1.82) is 0 Å². The van der Waals surface area contributed by atoms with Gasteiger partial charge in [0.25, 0.3) is 0 Å². The lowest BCUT2D eigenvalue weighted by atomic mass is 9.92. The minimum absolute atomic E-state index is 0.104. The number of carboxylic acid groups (broad SMARTS) is 2. The van der Waals surface area contributed by atoms with Gasteiger partial charge in [0.2, 0.25) is 0 Å². The molecule has 4 aromatic carbocycles. The first-order chi connectivity index (χ1) is 24.8. The normalized spacial score (nSPS) is 11.8. The van der Waals surface area contributed by atoms with Crippen LogP contribution in [0.4, 0.5) is 0 Å². The van der Waals surface area contributed by atoms with Gasteiger partial charge in [0.1, 0.15) is 24.7 Å². The van der Waals surface area contributed by atoms with Crippen LogP contribution >= 0.6 is 31.9 Å². The Balaban J connectivity index is 1.42. The summed E-state index contributed by atoms with van der Waals surface area (Å²) in [6, 6.07) is 22.8. The molecule has 4 rings (SSSR count). The SMILES string of the molecule is Cc1c(COc2ccc(CNC(CO)(CO)C(=O)O)cc2Br)cccc1-c1cccc(COc2ccc(CNC(CO)(CO)C(=O)O)cc2Br)c1C. The van der Waals surface area contributed by atoms with Crippen molar-refractivity contribution < 1.29 is 49.7 Å². The number of carbonyl (C=O) groups is 2. The van der Waals surface area contributed by atoms with Gasteiger partial charge in [-0.2, -0.15) is 0 Å². The summed E-state index contributed by atoms with van der Waals surface area (Å²) in [5.41, 5.74) is 3.97. The maximum Gasteiger partial charge on any atom is 0.328 e. The second kappa shape index (κ2) is 18.3. The molecule has 0 fully saturated rings. The highest BCUT2D eigenvalue weighted by Crippen LogP contribution is 2.33. The Morgan fingerprint density at radius 3 is 1.29 bits per heavy atom. The molecular weight excluding hydrogens is 804 g/mol. The van der Waals surface area contributed by atoms with E-state index < -0.39 is 49.4 Å². The zero-order valence-electron chi connectivity index (χ0n) is 28.7. The lowest BCUT2D eigenvalue weighted by Crippen LogP contribution is -2.57. The van der Waals surface area contributed by atoms with Crippen molar-refractivity contribution in [3.8, 4) is 22.6 Å². The van der Waals surface area contributed by atoms with Crippen molar-refractivity contribution in [1.82, 2.24) is 10.6 Å². The minimum atomic E-state index is -1.84. The molecule has 0 radical (unpaired) electrons. The van der Waals surface area contributed by atoms with Crippen LogP contribution in [-0.2, 0) is 35.9 Å². The van der Waals surface area contributed by atoms with Crippen LogP contribution in [0.25, 0.3) is 11.1 Å². The summed E-state index contributed by atoms with van der Waals surface area (Å²) in [4.78, 5) is 23.1. The Morgan fingerprint density at radius 1 is 0.615 bits per heavy atom. The van der Waals surface area contributed by atoms with E-state index in [0.29, 0.717) is 33.7 Å². The third-order valence-electron chi connectivity index (χ3n) is 9.10. The summed E-state index contributed by atoms with van der Waals surface area (Å²) in [6.07, 6.45) is 0. The lowest BCUT2D eigenvalue weighted by molar-refractivity contribution is -0.150. The van der Waals surface area contributed by atoms with Gasteiger partial charge in [0.05, 0.1) is 35.4 Å². The summed E-state index contributed by atoms with van der Waals surface area (Å²) >= 11 is 7.07. The summed E-state index contributed by atoms with van der Waals surface area (Å²) in [5, 5.41) is 62.4. The third kappa shape index (κ3) is 9.38. The maximum absolute atomic E-state index is 11.6. The van der Waals surface area contributed by atoms with E-state index in [4.69, 9.17) is 9.47 Å². The third-order valence-corrected chi connectivity index (χ3v) is 10.3. The van der Waals surface area contributed by atoms with Crippen molar-refractivity contribution in [2.75, 3.05) is 26.4 Å². The number of aliphatic hydroxyl groups excluding tert-OH is 4. The van der Waals surface area contributed by atoms with E-state index in [2.05, 4.69) is 54.6 Å². The van der Waals surface area contributed by atoms with Crippen LogP contribution in [0.5, 0.6) is 11.5 Å². The lowest BCUT2D eigenvalue weighted by Gasteiger charge is -2.26. The number of aliphatic carboxylic acids is 2. The van der Waals surface area contributed by atoms with Crippen LogP contribution in [0.15, 0.2) is 81.7 Å². The van der Waals surface area contributed by atoms with E-state index in [-0.39, 0.29) is 13.1 Å². The highest BCUT2D eigenvalue weighted by Gasteiger charge is 2.38. The highest BCUT2D eigenvalue weighted by molar-refractivity contribution is 9.10. The van der Waals surface area contributed by atoms with Gasteiger partial charge in [-0.1, -0.05) is 48.5 Å². The maximum atomic E-state index is 11.6. The Hall–Kier alpha value is -3.86. The molecule has 8 N–H and O–H groups in total. The topological polar surface area (TPSA) is 198 Å². The molecule has 0 aliphatic carbocycles. The second-order valence-corrected chi connectivity index (χ2v) is 14.1. The van der Waals surface area contributed by atoms with E-state index in [0.717, 1.165) is 44.5 Å². The standard InChI is InChI=1S/C38H42Br2N2O10/c1-23-27(17-51-33-11-9-25(13-31(33)39)15-41-37(19-43,20-44)35(47)48)5-3-7-29(23)30-8-4-6-28(24(30)2)18-52-34-12-10-26(14-32(34)40)16-42-38(21-45,22-46)36(49)50/h3-14,41-46H,15-22H2,1-2H3,(H,47,48)(H,49,50). The second-order valence-electron chi connectivity index (χ2n) is 12.4. The van der Waals surface area contributed by atoms with Crippen LogP contribution < -0.4 is 20.1 Å². The van der Waals surface area contributed by atoms with E-state index in [9.17, 15) is 40.2 Å². The van der Waals surface area contributed by atoms with Gasteiger partial charge in [-0.15, -0.1) is 0 Å². The Kier molecular flexibility index (Phi) is 14.4. The van der Waals surface area contributed by atoms with Crippen molar-refractivity contribution in [3.05, 3.63) is 115 Å². The van der Waals surface area contributed by atoms with Crippen LogP contribution in [0.1, 0.15) is 33.4 Å². The fourth-order valence-electron chi connectivity index (χ4n) is 5.40. The molecule has 0 unspecified atom stereocenters. The molecule has 278 valence electrons. The number of rotatable bonds is 19. The molecular formula is C38H42Br2N2O10. The number of hydrogen-bond donors (Lipinski definition) is 8. The van der Waals surface area contributed by atoms with Crippen LogP contribution in [0.3, 0.4) is 0 Å². The molecule has 0 heterocycles. The molecule has 52 heavy (non-hydrogen) atoms. The molecule has 0 saturated carbocycles. The van der Waals surface area contributed by atoms with Gasteiger partial charge < -0.3 is 40.1 Å². The zero-order chi connectivity index (χ0) is 38.1. The molecule has 0 amide bonds. The first kappa shape index (κ1) is 40.9. The summed E-state index contributed by atoms with van der Waals surface area (Å²) in [6.45, 7) is 1.86. The number of aliphatic hydroxyl groups is 4. The minimum Gasteiger partial charge on any atom is -0.488 e. The van der Waals surface area contributed by atoms with Crippen LogP contribution in [-0.4, -0.2) is 80.1 Å². The van der Waals surface area contributed by atoms with Gasteiger partial charge in [-0.3, -0.25) is 20.2 Å². The van der Waals surface area contributed by atoms with Crippen LogP contribution in [0, 0.1) is 13.8 Å². The zero-order valence-corrected chi connectivity index (χ0v) is 31.8. The quantitative estimate of drug-likeness (QED) is 0.0662. The molecule has 0 aromatic heterocycles. The first-order valence-electron chi connectivity index (χ1n) is 16.2. The van der Waals surface area contributed by atoms with E-state index in [1.54, 1.807) is 36.4 Å². The van der Waals surface area contributed by atoms with Crippen LogP contribution in [0.2, 0.25) is 0 Å². The molecule has 0 spiro atoms. The van der Waals surface area contributed by atoms with Gasteiger partial charge >= 0.3 is 11.9 Å². The smallest absolute Gasteiger partial charge is 0.328 e. The average Bonchev–Trinajstić information content (AvgIpc) is 3.13. The number of halogens is 2. The molecule has 0 aliphatic heterocycles. The van der Waals surface area contributed by atoms with E-state index >= 15 is 0 Å². The molecule has 12 nitrogen and oxygen atoms in total. The first-order valence-corrected chi connectivity index (χ1v) is 17.8. The molecule has 0 aliphatic rings.